The lowest BCUT2D eigenvalue weighted by atomic mass is 10.1. The number of nitrogens with two attached hydrogens (primary N) is 1. The van der Waals surface area contributed by atoms with E-state index in [9.17, 15) is 10.1 Å². The maximum Gasteiger partial charge on any atom is 0.292 e. The Hall–Kier alpha value is -3.23. The molecule has 3 aromatic rings. The number of nitro benzene ring substituents is 1. The van der Waals surface area contributed by atoms with Crippen molar-refractivity contribution in [3.8, 4) is 0 Å². The minimum atomic E-state index is -0.505. The molecule has 0 aliphatic rings. The number of hydrogen-bond donors (Lipinski definition) is 3. The van der Waals surface area contributed by atoms with Gasteiger partial charge in [0.2, 0.25) is 0 Å². The highest BCUT2D eigenvalue weighted by Crippen LogP contribution is 2.25. The number of hydrogen-bond acceptors (Lipinski definition) is 7. The number of aromatic amines is 1. The third-order valence-electron chi connectivity index (χ3n) is 3.03. The molecule has 21 heavy (non-hydrogen) atoms. The molecule has 2 heterocycles. The van der Waals surface area contributed by atoms with Crippen molar-refractivity contribution >= 4 is 28.4 Å². The Kier molecular flexibility index (Phi) is 3.07. The lowest BCUT2D eigenvalue weighted by molar-refractivity contribution is -0.383. The molecule has 106 valence electrons. The van der Waals surface area contributed by atoms with E-state index in [1.165, 1.54) is 18.7 Å². The topological polar surface area (TPSA) is 136 Å². The number of fused-ring (bicyclic) bond motifs is 1. The minimum absolute atomic E-state index is 0.109. The maximum absolute atomic E-state index is 10.9. The predicted octanol–water partition coefficient (Wildman–Crippen LogP) is 1.46. The zero-order valence-corrected chi connectivity index (χ0v) is 10.8. The Balaban J connectivity index is 1.87. The highest BCUT2D eigenvalue weighted by Gasteiger charge is 2.14. The van der Waals surface area contributed by atoms with Crippen molar-refractivity contribution in [1.29, 1.82) is 0 Å². The first-order valence-corrected chi connectivity index (χ1v) is 6.06. The summed E-state index contributed by atoms with van der Waals surface area (Å²) in [7, 11) is 0. The van der Waals surface area contributed by atoms with Gasteiger partial charge in [0.1, 0.15) is 17.5 Å². The summed E-state index contributed by atoms with van der Waals surface area (Å²) in [5.74, 6) is 0.534. The Bertz CT molecular complexity index is 814. The maximum atomic E-state index is 10.9. The molecule has 0 bridgehead atoms. The fourth-order valence-corrected chi connectivity index (χ4v) is 1.99. The summed E-state index contributed by atoms with van der Waals surface area (Å²) < 4.78 is 0. The van der Waals surface area contributed by atoms with E-state index in [0.717, 1.165) is 0 Å². The van der Waals surface area contributed by atoms with Gasteiger partial charge < -0.3 is 16.0 Å². The van der Waals surface area contributed by atoms with Crippen molar-refractivity contribution in [2.24, 2.45) is 0 Å². The number of imidazole rings is 1. The first-order chi connectivity index (χ1) is 10.2. The van der Waals surface area contributed by atoms with E-state index in [4.69, 9.17) is 5.73 Å². The summed E-state index contributed by atoms with van der Waals surface area (Å²) in [5, 5.41) is 13.9. The van der Waals surface area contributed by atoms with Crippen molar-refractivity contribution in [2.75, 3.05) is 11.1 Å². The van der Waals surface area contributed by atoms with Gasteiger partial charge >= 0.3 is 0 Å². The van der Waals surface area contributed by atoms with Gasteiger partial charge in [-0.05, 0) is 0 Å². The monoisotopic (exact) mass is 285 g/mol. The summed E-state index contributed by atoms with van der Waals surface area (Å²) in [6.45, 7) is 0.298. The summed E-state index contributed by atoms with van der Waals surface area (Å²) in [6.07, 6.45) is 2.92. The van der Waals surface area contributed by atoms with Crippen LogP contribution in [0, 0.1) is 10.1 Å². The molecular formula is C12H11N7O2. The van der Waals surface area contributed by atoms with Gasteiger partial charge in [-0.2, -0.15) is 0 Å². The van der Waals surface area contributed by atoms with Crippen molar-refractivity contribution in [2.45, 2.75) is 6.54 Å². The molecule has 0 fully saturated rings. The van der Waals surface area contributed by atoms with Crippen LogP contribution in [-0.2, 0) is 6.54 Å². The Morgan fingerprint density at radius 2 is 2.19 bits per heavy atom. The molecule has 0 saturated heterocycles. The molecule has 3 rings (SSSR count). The first-order valence-electron chi connectivity index (χ1n) is 6.06. The van der Waals surface area contributed by atoms with E-state index >= 15 is 0 Å². The first kappa shape index (κ1) is 12.8. The van der Waals surface area contributed by atoms with E-state index in [1.54, 1.807) is 12.1 Å². The summed E-state index contributed by atoms with van der Waals surface area (Å²) in [6, 6.07) is 4.68. The number of nitrogen functional groups attached to an aromatic ring is 1. The second-order valence-electron chi connectivity index (χ2n) is 4.28. The zero-order chi connectivity index (χ0) is 14.8. The molecule has 4 N–H and O–H groups in total. The average molecular weight is 285 g/mol. The van der Waals surface area contributed by atoms with Crippen molar-refractivity contribution in [3.05, 3.63) is 46.5 Å². The van der Waals surface area contributed by atoms with Gasteiger partial charge in [-0.15, -0.1) is 0 Å². The molecule has 0 aliphatic carbocycles. The van der Waals surface area contributed by atoms with Gasteiger partial charge in [-0.25, -0.2) is 15.0 Å². The van der Waals surface area contributed by atoms with Gasteiger partial charge in [-0.3, -0.25) is 10.1 Å². The van der Waals surface area contributed by atoms with Gasteiger partial charge in [-0.1, -0.05) is 12.1 Å². The standard InChI is InChI=1S/C12H11N7O2/c13-9-7(2-1-3-8(9)19(20)21)4-14-11-10-12(16-5-15-10)18-6-17-11/h1-3,5-6H,4,13H2,(H2,14,15,16,17,18). The fourth-order valence-electron chi connectivity index (χ4n) is 1.99. The molecule has 9 heteroatoms. The molecule has 0 unspecified atom stereocenters. The normalized spacial score (nSPS) is 10.7. The predicted molar refractivity (Wildman–Crippen MR) is 76.5 cm³/mol. The van der Waals surface area contributed by atoms with Crippen LogP contribution in [0.15, 0.2) is 30.9 Å². The van der Waals surface area contributed by atoms with Gasteiger partial charge in [0, 0.05) is 18.2 Å². The number of nitro groups is 1. The highest BCUT2D eigenvalue weighted by molar-refractivity contribution is 5.82. The molecule has 0 saturated carbocycles. The average Bonchev–Trinajstić information content (AvgIpc) is 2.95. The molecule has 0 amide bonds. The van der Waals surface area contributed by atoms with Crippen molar-refractivity contribution in [3.63, 3.8) is 0 Å². The molecule has 1 aromatic carbocycles. The number of benzene rings is 1. The van der Waals surface area contributed by atoms with E-state index in [0.29, 0.717) is 29.1 Å². The molecule has 2 aromatic heterocycles. The van der Waals surface area contributed by atoms with Gasteiger partial charge in [0.05, 0.1) is 11.3 Å². The van der Waals surface area contributed by atoms with Crippen molar-refractivity contribution in [1.82, 2.24) is 19.9 Å². The Labute approximate surface area is 118 Å². The summed E-state index contributed by atoms with van der Waals surface area (Å²) in [4.78, 5) is 25.5. The quantitative estimate of drug-likeness (QED) is 0.375. The smallest absolute Gasteiger partial charge is 0.292 e. The lowest BCUT2D eigenvalue weighted by Crippen LogP contribution is -2.06. The Morgan fingerprint density at radius 3 is 3.00 bits per heavy atom. The second-order valence-corrected chi connectivity index (χ2v) is 4.28. The van der Waals surface area contributed by atoms with Crippen LogP contribution in [0.1, 0.15) is 5.56 Å². The Morgan fingerprint density at radius 1 is 1.33 bits per heavy atom. The molecule has 0 aliphatic heterocycles. The molecular weight excluding hydrogens is 274 g/mol. The largest absolute Gasteiger partial charge is 0.393 e. The minimum Gasteiger partial charge on any atom is -0.393 e. The van der Waals surface area contributed by atoms with E-state index in [1.807, 2.05) is 0 Å². The van der Waals surface area contributed by atoms with Crippen LogP contribution in [-0.4, -0.2) is 24.9 Å². The summed E-state index contributed by atoms with van der Waals surface area (Å²) in [5.41, 5.74) is 7.66. The van der Waals surface area contributed by atoms with E-state index in [2.05, 4.69) is 25.3 Å². The fraction of sp³-hybridized carbons (Fsp3) is 0.0833. The molecule has 0 radical (unpaired) electrons. The molecule has 9 nitrogen and oxygen atoms in total. The van der Waals surface area contributed by atoms with Crippen molar-refractivity contribution < 1.29 is 4.92 Å². The number of nitrogens with zero attached hydrogens (tertiary/aromatic N) is 4. The van der Waals surface area contributed by atoms with Crippen LogP contribution in [0.5, 0.6) is 0 Å². The van der Waals surface area contributed by atoms with Crippen LogP contribution >= 0.6 is 0 Å². The van der Waals surface area contributed by atoms with Crippen LogP contribution in [0.2, 0.25) is 0 Å². The van der Waals surface area contributed by atoms with Crippen LogP contribution in [0.25, 0.3) is 11.2 Å². The van der Waals surface area contributed by atoms with Crippen LogP contribution in [0.4, 0.5) is 17.2 Å². The van der Waals surface area contributed by atoms with E-state index < -0.39 is 4.92 Å². The van der Waals surface area contributed by atoms with Gasteiger partial charge in [0.25, 0.3) is 5.69 Å². The third kappa shape index (κ3) is 2.31. The van der Waals surface area contributed by atoms with Crippen LogP contribution < -0.4 is 11.1 Å². The number of H-pyrrole nitrogens is 1. The van der Waals surface area contributed by atoms with E-state index in [-0.39, 0.29) is 11.4 Å². The highest BCUT2D eigenvalue weighted by atomic mass is 16.6. The number of anilines is 2. The number of rotatable bonds is 4. The molecule has 0 spiro atoms. The number of nitrogens with one attached hydrogen (secondary N) is 2. The second kappa shape index (κ2) is 5.04. The van der Waals surface area contributed by atoms with Gasteiger partial charge in [0.15, 0.2) is 11.5 Å². The third-order valence-corrected chi connectivity index (χ3v) is 3.03. The summed E-state index contributed by atoms with van der Waals surface area (Å²) >= 11 is 0. The SMILES string of the molecule is Nc1c(CNc2ncnc3[nH]cnc23)cccc1[N+](=O)[O-]. The van der Waals surface area contributed by atoms with Crippen LogP contribution in [0.3, 0.4) is 0 Å². The molecule has 0 atom stereocenters. The number of aromatic nitrogens is 4. The zero-order valence-electron chi connectivity index (χ0n) is 10.8. The number of para-hydroxylation sites is 1. The lowest BCUT2D eigenvalue weighted by Gasteiger charge is -2.08.